The van der Waals surface area contributed by atoms with Crippen molar-refractivity contribution in [3.8, 4) is 0 Å². The molecule has 0 saturated carbocycles. The van der Waals surface area contributed by atoms with Gasteiger partial charge in [0.1, 0.15) is 0 Å². The van der Waals surface area contributed by atoms with Gasteiger partial charge in [0.05, 0.1) is 0 Å². The summed E-state index contributed by atoms with van der Waals surface area (Å²) in [6.45, 7) is 4.17. The minimum Gasteiger partial charge on any atom is -0.330 e. The van der Waals surface area contributed by atoms with Crippen molar-refractivity contribution in [3.63, 3.8) is 0 Å². The first kappa shape index (κ1) is 10.8. The lowest BCUT2D eigenvalue weighted by Gasteiger charge is -1.70. The fourth-order valence-corrected chi connectivity index (χ4v) is 0. The van der Waals surface area contributed by atoms with E-state index >= 15 is 0 Å². The van der Waals surface area contributed by atoms with Crippen molar-refractivity contribution in [2.75, 3.05) is 6.54 Å². The van der Waals surface area contributed by atoms with Crippen LogP contribution in [0.25, 0.3) is 0 Å². The molecule has 0 unspecified atom stereocenters. The van der Waals surface area contributed by atoms with Gasteiger partial charge < -0.3 is 5.73 Å². The lowest BCUT2D eigenvalue weighted by molar-refractivity contribution is -0.109. The Labute approximate surface area is 55.0 Å². The molecule has 0 aliphatic rings. The van der Waals surface area contributed by atoms with Crippen molar-refractivity contribution in [2.45, 2.75) is 20.3 Å². The van der Waals surface area contributed by atoms with Crippen LogP contribution in [0.4, 0.5) is 0 Å². The topological polar surface area (TPSA) is 43.1 Å². The Morgan fingerprint density at radius 2 is 1.88 bits per heavy atom. The zero-order valence-electron chi connectivity index (χ0n) is 5.28. The molecule has 0 bridgehead atoms. The van der Waals surface area contributed by atoms with Gasteiger partial charge in [0.25, 0.3) is 0 Å². The summed E-state index contributed by atoms with van der Waals surface area (Å²) in [5.74, 6) is 0. The summed E-state index contributed by atoms with van der Waals surface area (Å²) in [7, 11) is 0. The zero-order valence-corrected chi connectivity index (χ0v) is 6.03. The minimum absolute atomic E-state index is 0.361. The van der Waals surface area contributed by atoms with E-state index in [0.29, 0.717) is 0 Å². The maximum atomic E-state index is 9.21. The van der Waals surface area contributed by atoms with E-state index in [1.807, 2.05) is 0 Å². The van der Waals surface area contributed by atoms with Crippen molar-refractivity contribution in [1.82, 2.24) is 0 Å². The van der Waals surface area contributed by atoms with Crippen LogP contribution in [0.15, 0.2) is 0 Å². The lowest BCUT2D eigenvalue weighted by Crippen LogP contribution is -1.93. The third-order valence-corrected chi connectivity index (χ3v) is 0.289. The van der Waals surface area contributed by atoms with Crippen molar-refractivity contribution in [3.05, 3.63) is 0 Å². The summed E-state index contributed by atoms with van der Waals surface area (Å²) in [6.07, 6.45) is 1.10. The van der Waals surface area contributed by atoms with E-state index in [9.17, 15) is 4.79 Å². The summed E-state index contributed by atoms with van der Waals surface area (Å²) < 4.78 is 0. The Bertz CT molecular complexity index is 50.4. The van der Waals surface area contributed by atoms with Crippen LogP contribution in [0.3, 0.4) is 0 Å². The molecule has 0 radical (unpaired) electrons. The van der Waals surface area contributed by atoms with Crippen molar-refractivity contribution >= 4 is 16.8 Å². The standard InChI is InChI=1S/C3H9N.C2H3ClO/c1-2-3-4;1-2(3)4/h2-4H2,1H3;1H3. The van der Waals surface area contributed by atoms with E-state index in [-0.39, 0.29) is 5.24 Å². The first-order valence-electron chi connectivity index (χ1n) is 2.51. The number of halogens is 1. The first-order chi connectivity index (χ1) is 3.65. The molecular formula is C5H12ClNO. The molecule has 0 aromatic heterocycles. The molecule has 0 aliphatic heterocycles. The van der Waals surface area contributed by atoms with Gasteiger partial charge in [-0.05, 0) is 24.6 Å². The molecule has 0 heterocycles. The lowest BCUT2D eigenvalue weighted by atomic mass is 10.5. The number of hydrogen-bond donors (Lipinski definition) is 1. The molecule has 3 heteroatoms. The van der Waals surface area contributed by atoms with E-state index in [4.69, 9.17) is 5.73 Å². The van der Waals surface area contributed by atoms with Crippen LogP contribution in [-0.4, -0.2) is 11.8 Å². The minimum atomic E-state index is -0.361. The van der Waals surface area contributed by atoms with Crippen molar-refractivity contribution in [1.29, 1.82) is 0 Å². The molecule has 0 aromatic rings. The highest BCUT2D eigenvalue weighted by Gasteiger charge is 1.67. The van der Waals surface area contributed by atoms with Gasteiger partial charge in [-0.2, -0.15) is 0 Å². The summed E-state index contributed by atoms with van der Waals surface area (Å²) in [5, 5.41) is -0.361. The normalized spacial score (nSPS) is 7.00. The van der Waals surface area contributed by atoms with Gasteiger partial charge in [-0.3, -0.25) is 4.79 Å². The predicted octanol–water partition coefficient (Wildman–Crippen LogP) is 1.13. The van der Waals surface area contributed by atoms with Crippen LogP contribution in [0, 0.1) is 0 Å². The van der Waals surface area contributed by atoms with E-state index in [1.165, 1.54) is 6.92 Å². The zero-order chi connectivity index (χ0) is 6.99. The molecular weight excluding hydrogens is 126 g/mol. The number of hydrogen-bond acceptors (Lipinski definition) is 2. The van der Waals surface area contributed by atoms with Gasteiger partial charge >= 0.3 is 0 Å². The summed E-state index contributed by atoms with van der Waals surface area (Å²) in [6, 6.07) is 0. The molecule has 50 valence electrons. The molecule has 0 atom stereocenters. The van der Waals surface area contributed by atoms with E-state index in [2.05, 4.69) is 18.5 Å². The molecule has 0 saturated heterocycles. The first-order valence-corrected chi connectivity index (χ1v) is 2.89. The van der Waals surface area contributed by atoms with Gasteiger partial charge in [0.2, 0.25) is 5.24 Å². The molecule has 2 N–H and O–H groups in total. The van der Waals surface area contributed by atoms with Gasteiger partial charge in [-0.1, -0.05) is 6.92 Å². The second-order valence-electron chi connectivity index (χ2n) is 1.26. The Hall–Kier alpha value is -0.0800. The van der Waals surface area contributed by atoms with Crippen LogP contribution in [0.2, 0.25) is 0 Å². The number of carbonyl (C=O) groups is 1. The Balaban J connectivity index is 0. The summed E-state index contributed by atoms with van der Waals surface area (Å²) in [5.41, 5.74) is 5.03. The second-order valence-corrected chi connectivity index (χ2v) is 1.79. The van der Waals surface area contributed by atoms with Crippen LogP contribution in [-0.2, 0) is 4.79 Å². The molecule has 0 aliphatic carbocycles. The van der Waals surface area contributed by atoms with Crippen LogP contribution in [0.1, 0.15) is 20.3 Å². The molecule has 2 nitrogen and oxygen atoms in total. The predicted molar refractivity (Wildman–Crippen MR) is 35.9 cm³/mol. The largest absolute Gasteiger partial charge is 0.330 e. The van der Waals surface area contributed by atoms with Crippen LogP contribution in [0.5, 0.6) is 0 Å². The molecule has 0 rings (SSSR count). The van der Waals surface area contributed by atoms with Gasteiger partial charge in [0, 0.05) is 6.92 Å². The molecule has 8 heavy (non-hydrogen) atoms. The Morgan fingerprint density at radius 3 is 1.88 bits per heavy atom. The summed E-state index contributed by atoms with van der Waals surface area (Å²) >= 11 is 4.64. The molecule has 0 spiro atoms. The highest BCUT2D eigenvalue weighted by molar-refractivity contribution is 6.62. The third kappa shape index (κ3) is 169. The molecule has 0 amide bonds. The van der Waals surface area contributed by atoms with Gasteiger partial charge in [0.15, 0.2) is 0 Å². The highest BCUT2D eigenvalue weighted by atomic mass is 35.5. The maximum absolute atomic E-state index is 9.21. The monoisotopic (exact) mass is 137 g/mol. The quantitative estimate of drug-likeness (QED) is 0.551. The van der Waals surface area contributed by atoms with E-state index in [0.717, 1.165) is 13.0 Å². The average molecular weight is 138 g/mol. The number of carbonyl (C=O) groups excluding carboxylic acids is 1. The summed E-state index contributed by atoms with van der Waals surface area (Å²) in [4.78, 5) is 9.21. The fraction of sp³-hybridized carbons (Fsp3) is 0.800. The average Bonchev–Trinajstić information content (AvgIpc) is 1.65. The Morgan fingerprint density at radius 1 is 1.75 bits per heavy atom. The third-order valence-electron chi connectivity index (χ3n) is 0.289. The number of nitrogens with two attached hydrogens (primary N) is 1. The Kier molecular flexibility index (Phi) is 13.6. The van der Waals surface area contributed by atoms with Crippen molar-refractivity contribution in [2.24, 2.45) is 5.73 Å². The molecule has 0 fully saturated rings. The van der Waals surface area contributed by atoms with E-state index in [1.54, 1.807) is 0 Å². The van der Waals surface area contributed by atoms with Crippen LogP contribution < -0.4 is 5.73 Å². The molecule has 0 aromatic carbocycles. The van der Waals surface area contributed by atoms with E-state index < -0.39 is 0 Å². The van der Waals surface area contributed by atoms with Gasteiger partial charge in [-0.25, -0.2) is 0 Å². The fourth-order valence-electron chi connectivity index (χ4n) is 0. The van der Waals surface area contributed by atoms with Gasteiger partial charge in [-0.15, -0.1) is 0 Å². The highest BCUT2D eigenvalue weighted by Crippen LogP contribution is 1.67. The van der Waals surface area contributed by atoms with Crippen LogP contribution >= 0.6 is 11.6 Å². The smallest absolute Gasteiger partial charge is 0.218 e. The SMILES string of the molecule is CC(=O)Cl.CCCN. The second kappa shape index (κ2) is 10.0. The maximum Gasteiger partial charge on any atom is 0.218 e. The number of rotatable bonds is 1. The van der Waals surface area contributed by atoms with Crippen molar-refractivity contribution < 1.29 is 4.79 Å².